The van der Waals surface area contributed by atoms with E-state index < -0.39 is 0 Å². The predicted molar refractivity (Wildman–Crippen MR) is 82.1 cm³/mol. The lowest BCUT2D eigenvalue weighted by Crippen LogP contribution is -2.14. The maximum atomic E-state index is 12.0. The van der Waals surface area contributed by atoms with Gasteiger partial charge in [0.2, 0.25) is 5.91 Å². The van der Waals surface area contributed by atoms with Crippen LogP contribution in [0.4, 0.5) is 5.69 Å². The number of carbonyl (C=O) groups excluding carboxylic acids is 1. The number of amides is 1. The highest BCUT2D eigenvalue weighted by Gasteiger charge is 2.08. The van der Waals surface area contributed by atoms with E-state index in [1.54, 1.807) is 38.6 Å². The summed E-state index contributed by atoms with van der Waals surface area (Å²) in [4.78, 5) is 16.1. The maximum Gasteiger partial charge on any atom is 0.234 e. The topological polar surface area (TPSA) is 65.4 Å². The smallest absolute Gasteiger partial charge is 0.234 e. The van der Waals surface area contributed by atoms with E-state index in [4.69, 9.17) is 9.47 Å². The van der Waals surface area contributed by atoms with Gasteiger partial charge in [-0.2, -0.15) is 0 Å². The quantitative estimate of drug-likeness (QED) is 0.829. The zero-order valence-electron chi connectivity index (χ0n) is 12.1. The average molecular weight is 307 g/mol. The van der Waals surface area contributed by atoms with Gasteiger partial charge >= 0.3 is 0 Å². The van der Waals surface area contributed by atoms with Crippen molar-refractivity contribution >= 4 is 23.4 Å². The van der Waals surface area contributed by atoms with Crippen molar-refractivity contribution in [3.8, 4) is 11.5 Å². The molecular formula is C14H17N3O3S. The molecule has 1 aromatic heterocycles. The summed E-state index contributed by atoms with van der Waals surface area (Å²) in [5.41, 5.74) is 0.636. The zero-order chi connectivity index (χ0) is 15.2. The van der Waals surface area contributed by atoms with E-state index in [1.807, 2.05) is 17.8 Å². The third kappa shape index (κ3) is 4.16. The second-order valence-electron chi connectivity index (χ2n) is 4.26. The number of imidazole rings is 1. The molecule has 1 amide bonds. The lowest BCUT2D eigenvalue weighted by atomic mass is 10.2. The molecule has 0 fully saturated rings. The number of hydrogen-bond acceptors (Lipinski definition) is 5. The minimum atomic E-state index is -0.113. The average Bonchev–Trinajstić information content (AvgIpc) is 2.90. The van der Waals surface area contributed by atoms with Crippen LogP contribution in [0.15, 0.2) is 35.7 Å². The Kier molecular flexibility index (Phi) is 5.10. The number of methoxy groups -OCH3 is 2. The molecule has 2 rings (SSSR count). The van der Waals surface area contributed by atoms with Crippen molar-refractivity contribution in [3.63, 3.8) is 0 Å². The van der Waals surface area contributed by atoms with Gasteiger partial charge < -0.3 is 19.4 Å². The zero-order valence-corrected chi connectivity index (χ0v) is 12.9. The van der Waals surface area contributed by atoms with Crippen molar-refractivity contribution in [1.29, 1.82) is 0 Å². The van der Waals surface area contributed by atoms with Gasteiger partial charge in [-0.1, -0.05) is 11.8 Å². The highest BCUT2D eigenvalue weighted by molar-refractivity contribution is 7.99. The molecule has 0 saturated carbocycles. The summed E-state index contributed by atoms with van der Waals surface area (Å²) in [5, 5.41) is 3.62. The van der Waals surface area contributed by atoms with Gasteiger partial charge in [-0.25, -0.2) is 4.98 Å². The van der Waals surface area contributed by atoms with E-state index in [-0.39, 0.29) is 11.7 Å². The third-order valence-electron chi connectivity index (χ3n) is 2.74. The van der Waals surface area contributed by atoms with Crippen LogP contribution in [0.1, 0.15) is 0 Å². The normalized spacial score (nSPS) is 10.2. The summed E-state index contributed by atoms with van der Waals surface area (Å²) in [6.45, 7) is 0. The summed E-state index contributed by atoms with van der Waals surface area (Å²) in [7, 11) is 5.02. The standard InChI is InChI=1S/C14H17N3O3S/c1-17-5-4-15-14(17)21-9-13(18)16-10-6-11(19-2)8-12(7-10)20-3/h4-8H,9H2,1-3H3,(H,16,18). The van der Waals surface area contributed by atoms with Gasteiger partial charge in [-0.05, 0) is 0 Å². The fourth-order valence-corrected chi connectivity index (χ4v) is 2.43. The van der Waals surface area contributed by atoms with Gasteiger partial charge in [0.1, 0.15) is 11.5 Å². The third-order valence-corrected chi connectivity index (χ3v) is 3.80. The highest BCUT2D eigenvalue weighted by Crippen LogP contribution is 2.26. The molecule has 0 bridgehead atoms. The molecule has 1 N–H and O–H groups in total. The number of carbonyl (C=O) groups is 1. The molecule has 0 atom stereocenters. The summed E-state index contributed by atoms with van der Waals surface area (Å²) in [6, 6.07) is 5.23. The molecule has 0 aliphatic heterocycles. The minimum absolute atomic E-state index is 0.113. The number of hydrogen-bond donors (Lipinski definition) is 1. The van der Waals surface area contributed by atoms with E-state index >= 15 is 0 Å². The van der Waals surface area contributed by atoms with Crippen molar-refractivity contribution in [2.45, 2.75) is 5.16 Å². The number of ether oxygens (including phenoxy) is 2. The molecule has 6 nitrogen and oxygen atoms in total. The van der Waals surface area contributed by atoms with Gasteiger partial charge in [0.15, 0.2) is 5.16 Å². The Bertz CT molecular complexity index is 605. The molecule has 0 spiro atoms. The number of benzene rings is 1. The van der Waals surface area contributed by atoms with E-state index in [0.29, 0.717) is 17.2 Å². The summed E-state index contributed by atoms with van der Waals surface area (Å²) >= 11 is 1.38. The second kappa shape index (κ2) is 7.03. The molecule has 1 heterocycles. The number of anilines is 1. The van der Waals surface area contributed by atoms with Crippen LogP contribution < -0.4 is 14.8 Å². The molecule has 1 aromatic carbocycles. The van der Waals surface area contributed by atoms with Crippen LogP contribution in [0.3, 0.4) is 0 Å². The summed E-state index contributed by atoms with van der Waals surface area (Å²) in [5.74, 6) is 1.42. The number of nitrogens with one attached hydrogen (secondary N) is 1. The molecule has 0 aliphatic carbocycles. The Balaban J connectivity index is 1.97. The first kappa shape index (κ1) is 15.2. The van der Waals surface area contributed by atoms with Crippen LogP contribution in [0.25, 0.3) is 0 Å². The Hall–Kier alpha value is -2.15. The molecule has 112 valence electrons. The SMILES string of the molecule is COc1cc(NC(=O)CSc2nccn2C)cc(OC)c1. The molecular weight excluding hydrogens is 290 g/mol. The van der Waals surface area contributed by atoms with Crippen LogP contribution in [0.2, 0.25) is 0 Å². The van der Waals surface area contributed by atoms with E-state index in [2.05, 4.69) is 10.3 Å². The molecule has 2 aromatic rings. The van der Waals surface area contributed by atoms with Crippen LogP contribution in [0, 0.1) is 0 Å². The Morgan fingerprint density at radius 3 is 2.48 bits per heavy atom. The first-order valence-corrected chi connectivity index (χ1v) is 7.24. The first-order valence-electron chi connectivity index (χ1n) is 6.25. The summed E-state index contributed by atoms with van der Waals surface area (Å²) in [6.07, 6.45) is 3.54. The second-order valence-corrected chi connectivity index (χ2v) is 5.20. The fourth-order valence-electron chi connectivity index (χ4n) is 1.70. The minimum Gasteiger partial charge on any atom is -0.497 e. The Morgan fingerprint density at radius 1 is 1.29 bits per heavy atom. The monoisotopic (exact) mass is 307 g/mol. The molecule has 0 radical (unpaired) electrons. The maximum absolute atomic E-state index is 12.0. The molecule has 0 unspecified atom stereocenters. The van der Waals surface area contributed by atoms with Gasteiger partial charge in [0, 0.05) is 43.3 Å². The Labute approximate surface area is 127 Å². The Morgan fingerprint density at radius 2 is 1.95 bits per heavy atom. The number of nitrogens with zero attached hydrogens (tertiary/aromatic N) is 2. The molecule has 0 saturated heterocycles. The lowest BCUT2D eigenvalue weighted by Gasteiger charge is -2.09. The molecule has 0 aliphatic rings. The van der Waals surface area contributed by atoms with Gasteiger partial charge in [0.25, 0.3) is 0 Å². The van der Waals surface area contributed by atoms with E-state index in [9.17, 15) is 4.79 Å². The van der Waals surface area contributed by atoms with Gasteiger partial charge in [-0.3, -0.25) is 4.79 Å². The van der Waals surface area contributed by atoms with Crippen LogP contribution in [-0.2, 0) is 11.8 Å². The van der Waals surface area contributed by atoms with Crippen molar-refractivity contribution in [1.82, 2.24) is 9.55 Å². The number of thioether (sulfide) groups is 1. The van der Waals surface area contributed by atoms with E-state index in [1.165, 1.54) is 11.8 Å². The van der Waals surface area contributed by atoms with Gasteiger partial charge in [-0.15, -0.1) is 0 Å². The number of aryl methyl sites for hydroxylation is 1. The number of rotatable bonds is 6. The van der Waals surface area contributed by atoms with E-state index in [0.717, 1.165) is 5.16 Å². The molecule has 21 heavy (non-hydrogen) atoms. The molecule has 7 heteroatoms. The number of aromatic nitrogens is 2. The van der Waals surface area contributed by atoms with Crippen molar-refractivity contribution in [3.05, 3.63) is 30.6 Å². The van der Waals surface area contributed by atoms with Crippen LogP contribution >= 0.6 is 11.8 Å². The van der Waals surface area contributed by atoms with Crippen LogP contribution in [-0.4, -0.2) is 35.4 Å². The highest BCUT2D eigenvalue weighted by atomic mass is 32.2. The summed E-state index contributed by atoms with van der Waals surface area (Å²) < 4.78 is 12.2. The van der Waals surface area contributed by atoms with Crippen molar-refractivity contribution < 1.29 is 14.3 Å². The fraction of sp³-hybridized carbons (Fsp3) is 0.286. The largest absolute Gasteiger partial charge is 0.497 e. The first-order chi connectivity index (χ1) is 10.1. The van der Waals surface area contributed by atoms with Crippen molar-refractivity contribution in [2.24, 2.45) is 7.05 Å². The predicted octanol–water partition coefficient (Wildman–Crippen LogP) is 2.17. The van der Waals surface area contributed by atoms with Crippen molar-refractivity contribution in [2.75, 3.05) is 25.3 Å². The van der Waals surface area contributed by atoms with Gasteiger partial charge in [0.05, 0.1) is 20.0 Å². The van der Waals surface area contributed by atoms with Crippen LogP contribution in [0.5, 0.6) is 11.5 Å². The lowest BCUT2D eigenvalue weighted by molar-refractivity contribution is -0.113.